The molecular weight excluding hydrogens is 246 g/mol. The van der Waals surface area contributed by atoms with Crippen molar-refractivity contribution in [2.24, 2.45) is 7.05 Å². The van der Waals surface area contributed by atoms with Gasteiger partial charge in [0.05, 0.1) is 6.20 Å². The molecule has 2 aromatic rings. The topological polar surface area (TPSA) is 89.2 Å². The fourth-order valence-corrected chi connectivity index (χ4v) is 2.07. The SMILES string of the molecule is CN1CCN(c2noc(-c3cnn(C)c3N)n2)CC1. The number of likely N-dealkylation sites (N-methyl/N-ethyl adjacent to an activating group) is 1. The molecule has 0 saturated carbocycles. The number of hydrogen-bond acceptors (Lipinski definition) is 7. The van der Waals surface area contributed by atoms with Crippen molar-refractivity contribution < 1.29 is 4.52 Å². The van der Waals surface area contributed by atoms with Gasteiger partial charge in [0.2, 0.25) is 0 Å². The van der Waals surface area contributed by atoms with Crippen molar-refractivity contribution in [2.75, 3.05) is 43.9 Å². The van der Waals surface area contributed by atoms with Gasteiger partial charge in [0.1, 0.15) is 11.4 Å². The van der Waals surface area contributed by atoms with E-state index in [2.05, 4.69) is 32.1 Å². The first-order chi connectivity index (χ1) is 9.15. The molecule has 3 rings (SSSR count). The van der Waals surface area contributed by atoms with E-state index in [9.17, 15) is 0 Å². The molecule has 3 heterocycles. The number of nitrogens with two attached hydrogens (primary N) is 1. The molecule has 0 spiro atoms. The second-order valence-electron chi connectivity index (χ2n) is 4.76. The Kier molecular flexibility index (Phi) is 2.86. The highest BCUT2D eigenvalue weighted by atomic mass is 16.5. The number of rotatable bonds is 2. The first kappa shape index (κ1) is 12.0. The lowest BCUT2D eigenvalue weighted by atomic mass is 10.3. The second-order valence-corrected chi connectivity index (χ2v) is 4.76. The average molecular weight is 263 g/mol. The van der Waals surface area contributed by atoms with Crippen LogP contribution in [-0.2, 0) is 7.05 Å². The van der Waals surface area contributed by atoms with Crippen LogP contribution in [0.2, 0.25) is 0 Å². The number of hydrogen-bond donors (Lipinski definition) is 1. The Morgan fingerprint density at radius 2 is 1.95 bits per heavy atom. The lowest BCUT2D eigenvalue weighted by Gasteiger charge is -2.31. The molecule has 0 aliphatic carbocycles. The molecule has 2 N–H and O–H groups in total. The van der Waals surface area contributed by atoms with Crippen LogP contribution in [0.15, 0.2) is 10.7 Å². The molecule has 1 saturated heterocycles. The van der Waals surface area contributed by atoms with Crippen molar-refractivity contribution >= 4 is 11.8 Å². The zero-order valence-corrected chi connectivity index (χ0v) is 11.1. The maximum absolute atomic E-state index is 5.89. The number of anilines is 2. The van der Waals surface area contributed by atoms with Gasteiger partial charge in [-0.3, -0.25) is 4.68 Å². The summed E-state index contributed by atoms with van der Waals surface area (Å²) in [4.78, 5) is 8.78. The maximum Gasteiger partial charge on any atom is 0.266 e. The third-order valence-electron chi connectivity index (χ3n) is 3.42. The zero-order chi connectivity index (χ0) is 13.4. The number of piperazine rings is 1. The van der Waals surface area contributed by atoms with Gasteiger partial charge in [-0.1, -0.05) is 0 Å². The minimum Gasteiger partial charge on any atom is -0.383 e. The lowest BCUT2D eigenvalue weighted by Crippen LogP contribution is -2.44. The van der Waals surface area contributed by atoms with Crippen LogP contribution >= 0.6 is 0 Å². The Hall–Kier alpha value is -2.09. The summed E-state index contributed by atoms with van der Waals surface area (Å²) in [7, 11) is 3.88. The summed E-state index contributed by atoms with van der Waals surface area (Å²) in [5.41, 5.74) is 6.57. The van der Waals surface area contributed by atoms with E-state index in [-0.39, 0.29) is 0 Å². The Bertz CT molecular complexity index is 567. The van der Waals surface area contributed by atoms with E-state index in [1.54, 1.807) is 17.9 Å². The van der Waals surface area contributed by atoms with E-state index in [1.807, 2.05) is 0 Å². The van der Waals surface area contributed by atoms with Gasteiger partial charge < -0.3 is 20.1 Å². The highest BCUT2D eigenvalue weighted by Crippen LogP contribution is 2.25. The largest absolute Gasteiger partial charge is 0.383 e. The fourth-order valence-electron chi connectivity index (χ4n) is 2.07. The summed E-state index contributed by atoms with van der Waals surface area (Å²) in [6, 6.07) is 0. The van der Waals surface area contributed by atoms with Crippen molar-refractivity contribution in [1.82, 2.24) is 24.8 Å². The van der Waals surface area contributed by atoms with Gasteiger partial charge in [0, 0.05) is 33.2 Å². The molecule has 19 heavy (non-hydrogen) atoms. The van der Waals surface area contributed by atoms with E-state index in [4.69, 9.17) is 10.3 Å². The molecule has 0 aromatic carbocycles. The summed E-state index contributed by atoms with van der Waals surface area (Å²) in [5.74, 6) is 1.56. The van der Waals surface area contributed by atoms with Crippen LogP contribution in [0.3, 0.4) is 0 Å². The molecule has 1 aliphatic rings. The first-order valence-corrected chi connectivity index (χ1v) is 6.20. The van der Waals surface area contributed by atoms with Crippen LogP contribution in [0.1, 0.15) is 0 Å². The molecule has 0 atom stereocenters. The third-order valence-corrected chi connectivity index (χ3v) is 3.42. The summed E-state index contributed by atoms with van der Waals surface area (Å²) in [5, 5.41) is 8.09. The summed E-state index contributed by atoms with van der Waals surface area (Å²) < 4.78 is 6.85. The van der Waals surface area contributed by atoms with Gasteiger partial charge in [-0.15, -0.1) is 0 Å². The molecule has 0 bridgehead atoms. The minimum atomic E-state index is 0.416. The fraction of sp³-hybridized carbons (Fsp3) is 0.545. The van der Waals surface area contributed by atoms with Crippen molar-refractivity contribution in [3.63, 3.8) is 0 Å². The van der Waals surface area contributed by atoms with Gasteiger partial charge in [-0.05, 0) is 12.2 Å². The summed E-state index contributed by atoms with van der Waals surface area (Å²) in [6.45, 7) is 3.80. The molecule has 8 heteroatoms. The van der Waals surface area contributed by atoms with Gasteiger partial charge in [0.15, 0.2) is 0 Å². The van der Waals surface area contributed by atoms with Gasteiger partial charge in [-0.2, -0.15) is 10.1 Å². The van der Waals surface area contributed by atoms with E-state index >= 15 is 0 Å². The number of aromatic nitrogens is 4. The van der Waals surface area contributed by atoms with Crippen molar-refractivity contribution in [3.8, 4) is 11.5 Å². The first-order valence-electron chi connectivity index (χ1n) is 6.20. The summed E-state index contributed by atoms with van der Waals surface area (Å²) >= 11 is 0. The highest BCUT2D eigenvalue weighted by molar-refractivity contribution is 5.67. The normalized spacial score (nSPS) is 17.1. The molecule has 0 unspecified atom stereocenters. The molecule has 1 fully saturated rings. The van der Waals surface area contributed by atoms with Crippen molar-refractivity contribution in [3.05, 3.63) is 6.20 Å². The highest BCUT2D eigenvalue weighted by Gasteiger charge is 2.21. The molecule has 102 valence electrons. The molecule has 8 nitrogen and oxygen atoms in total. The quantitative estimate of drug-likeness (QED) is 0.802. The Morgan fingerprint density at radius 3 is 2.58 bits per heavy atom. The second kappa shape index (κ2) is 4.54. The minimum absolute atomic E-state index is 0.416. The van der Waals surface area contributed by atoms with E-state index in [0.717, 1.165) is 26.2 Å². The Morgan fingerprint density at radius 1 is 1.21 bits per heavy atom. The van der Waals surface area contributed by atoms with E-state index in [0.29, 0.717) is 23.2 Å². The van der Waals surface area contributed by atoms with Gasteiger partial charge in [-0.25, -0.2) is 0 Å². The van der Waals surface area contributed by atoms with Crippen molar-refractivity contribution in [2.45, 2.75) is 0 Å². The van der Waals surface area contributed by atoms with Crippen LogP contribution in [0.4, 0.5) is 11.8 Å². The third kappa shape index (κ3) is 2.14. The van der Waals surface area contributed by atoms with Crippen LogP contribution < -0.4 is 10.6 Å². The van der Waals surface area contributed by atoms with Crippen molar-refractivity contribution in [1.29, 1.82) is 0 Å². The Labute approximate surface area is 110 Å². The number of nitrogen functional groups attached to an aromatic ring is 1. The Balaban J connectivity index is 1.82. The average Bonchev–Trinajstić information content (AvgIpc) is 2.99. The predicted molar refractivity (Wildman–Crippen MR) is 70.6 cm³/mol. The lowest BCUT2D eigenvalue weighted by molar-refractivity contribution is 0.309. The van der Waals surface area contributed by atoms with Crippen LogP contribution in [0, 0.1) is 0 Å². The molecule has 1 aliphatic heterocycles. The smallest absolute Gasteiger partial charge is 0.266 e. The standard InChI is InChI=1S/C11H17N7O/c1-16-3-5-18(6-4-16)11-14-10(19-15-11)8-7-13-17(2)9(8)12/h7H,3-6,12H2,1-2H3. The maximum atomic E-state index is 5.89. The van der Waals surface area contributed by atoms with Crippen LogP contribution in [0.25, 0.3) is 11.5 Å². The van der Waals surface area contributed by atoms with Gasteiger partial charge >= 0.3 is 0 Å². The molecule has 2 aromatic heterocycles. The van der Waals surface area contributed by atoms with E-state index < -0.39 is 0 Å². The monoisotopic (exact) mass is 263 g/mol. The summed E-state index contributed by atoms with van der Waals surface area (Å²) in [6.07, 6.45) is 1.64. The molecule has 0 amide bonds. The number of aryl methyl sites for hydroxylation is 1. The molecule has 0 radical (unpaired) electrons. The number of nitrogens with zero attached hydrogens (tertiary/aromatic N) is 6. The van der Waals surface area contributed by atoms with Gasteiger partial charge in [0.25, 0.3) is 11.8 Å². The molecular formula is C11H17N7O. The predicted octanol–water partition coefficient (Wildman–Crippen LogP) is -0.196. The zero-order valence-electron chi connectivity index (χ0n) is 11.1. The van der Waals surface area contributed by atoms with E-state index in [1.165, 1.54) is 0 Å². The van der Waals surface area contributed by atoms with Crippen LogP contribution in [-0.4, -0.2) is 58.0 Å². The van der Waals surface area contributed by atoms with Crippen LogP contribution in [0.5, 0.6) is 0 Å².